The van der Waals surface area contributed by atoms with Crippen LogP contribution in [0.2, 0.25) is 5.02 Å². The Kier molecular flexibility index (Phi) is 8.13. The van der Waals surface area contributed by atoms with Crippen molar-refractivity contribution in [2.45, 2.75) is 19.4 Å². The molecule has 182 valence electrons. The molecule has 0 aromatic heterocycles. The van der Waals surface area contributed by atoms with Crippen molar-refractivity contribution in [2.24, 2.45) is 0 Å². The minimum absolute atomic E-state index is 0.0775. The van der Waals surface area contributed by atoms with Gasteiger partial charge in [0.05, 0.1) is 16.1 Å². The number of rotatable bonds is 9. The van der Waals surface area contributed by atoms with Crippen LogP contribution < -0.4 is 0 Å². The predicted octanol–water partition coefficient (Wildman–Crippen LogP) is 7.12. The number of aromatic carboxylic acids is 1. The topological polar surface area (TPSA) is 57.6 Å². The molecule has 0 aliphatic heterocycles. The molecule has 36 heavy (non-hydrogen) atoms. The molecule has 1 N–H and O–H groups in total. The summed E-state index contributed by atoms with van der Waals surface area (Å²) in [5.41, 5.74) is 3.97. The summed E-state index contributed by atoms with van der Waals surface area (Å²) >= 11 is 6.19. The Balaban J connectivity index is 1.55. The number of hydrogen-bond acceptors (Lipinski definition) is 2. The standard InChI is InChI=1S/C30H25ClFNO3/c31-28-19-24(32)16-17-27(28)29(34)33(18-6-9-21-7-2-1-3-8-21)20-22-12-14-23(15-13-22)25-10-4-5-11-26(25)30(35)36/h1-5,7-8,10-17,19H,6,9,18,20H2,(H,35,36). The van der Waals surface area contributed by atoms with E-state index in [9.17, 15) is 19.1 Å². The van der Waals surface area contributed by atoms with Gasteiger partial charge in [0.15, 0.2) is 0 Å². The largest absolute Gasteiger partial charge is 0.478 e. The minimum atomic E-state index is -0.985. The molecular formula is C30H25ClFNO3. The van der Waals surface area contributed by atoms with E-state index >= 15 is 0 Å². The van der Waals surface area contributed by atoms with Gasteiger partial charge in [-0.3, -0.25) is 4.79 Å². The SMILES string of the molecule is O=C(O)c1ccccc1-c1ccc(CN(CCCc2ccccc2)C(=O)c2ccc(F)cc2Cl)cc1. The molecule has 0 aliphatic rings. The van der Waals surface area contributed by atoms with E-state index in [1.807, 2.05) is 42.5 Å². The fourth-order valence-electron chi connectivity index (χ4n) is 4.14. The van der Waals surface area contributed by atoms with Crippen molar-refractivity contribution in [3.05, 3.63) is 130 Å². The smallest absolute Gasteiger partial charge is 0.336 e. The lowest BCUT2D eigenvalue weighted by molar-refractivity contribution is 0.0696. The fraction of sp³-hybridized carbons (Fsp3) is 0.133. The van der Waals surface area contributed by atoms with Gasteiger partial charge in [-0.2, -0.15) is 0 Å². The summed E-state index contributed by atoms with van der Waals surface area (Å²) in [5.74, 6) is -1.75. The number of nitrogens with zero attached hydrogens (tertiary/aromatic N) is 1. The maximum absolute atomic E-state index is 13.6. The molecule has 0 saturated heterocycles. The maximum atomic E-state index is 13.6. The van der Waals surface area contributed by atoms with Crippen LogP contribution in [0.4, 0.5) is 4.39 Å². The van der Waals surface area contributed by atoms with Crippen LogP contribution in [0.1, 0.15) is 38.3 Å². The molecule has 0 radical (unpaired) electrons. The summed E-state index contributed by atoms with van der Waals surface area (Å²) in [6.45, 7) is 0.827. The predicted molar refractivity (Wildman–Crippen MR) is 140 cm³/mol. The first kappa shape index (κ1) is 25.1. The van der Waals surface area contributed by atoms with Crippen molar-refractivity contribution >= 4 is 23.5 Å². The van der Waals surface area contributed by atoms with Crippen LogP contribution in [-0.4, -0.2) is 28.4 Å². The molecule has 0 atom stereocenters. The van der Waals surface area contributed by atoms with Crippen LogP contribution in [0.5, 0.6) is 0 Å². The second-order valence-electron chi connectivity index (χ2n) is 8.49. The van der Waals surface area contributed by atoms with Gasteiger partial charge in [-0.05, 0) is 59.4 Å². The maximum Gasteiger partial charge on any atom is 0.336 e. The van der Waals surface area contributed by atoms with Crippen molar-refractivity contribution in [3.8, 4) is 11.1 Å². The third-order valence-electron chi connectivity index (χ3n) is 5.98. The lowest BCUT2D eigenvalue weighted by Crippen LogP contribution is -2.32. The van der Waals surface area contributed by atoms with Crippen molar-refractivity contribution in [2.75, 3.05) is 6.54 Å². The summed E-state index contributed by atoms with van der Waals surface area (Å²) in [6, 6.07) is 28.2. The molecule has 1 amide bonds. The Morgan fingerprint density at radius 2 is 1.50 bits per heavy atom. The Morgan fingerprint density at radius 1 is 0.806 bits per heavy atom. The Labute approximate surface area is 214 Å². The molecule has 0 saturated carbocycles. The fourth-order valence-corrected chi connectivity index (χ4v) is 4.38. The highest BCUT2D eigenvalue weighted by Crippen LogP contribution is 2.25. The van der Waals surface area contributed by atoms with E-state index in [0.717, 1.165) is 30.0 Å². The second-order valence-corrected chi connectivity index (χ2v) is 8.89. The lowest BCUT2D eigenvalue weighted by Gasteiger charge is -2.24. The third-order valence-corrected chi connectivity index (χ3v) is 6.29. The van der Waals surface area contributed by atoms with E-state index in [-0.39, 0.29) is 22.1 Å². The molecule has 0 unspecified atom stereocenters. The van der Waals surface area contributed by atoms with E-state index in [1.54, 1.807) is 29.2 Å². The quantitative estimate of drug-likeness (QED) is 0.265. The van der Waals surface area contributed by atoms with Crippen molar-refractivity contribution in [1.29, 1.82) is 0 Å². The van der Waals surface area contributed by atoms with Crippen molar-refractivity contribution in [1.82, 2.24) is 4.90 Å². The number of carboxylic acid groups (broad SMARTS) is 1. The summed E-state index contributed by atoms with van der Waals surface area (Å²) in [6.07, 6.45) is 1.56. The molecular weight excluding hydrogens is 477 g/mol. The van der Waals surface area contributed by atoms with Crippen LogP contribution in [0.3, 0.4) is 0 Å². The highest BCUT2D eigenvalue weighted by molar-refractivity contribution is 6.33. The first-order valence-electron chi connectivity index (χ1n) is 11.6. The molecule has 4 rings (SSSR count). The number of halogens is 2. The summed E-state index contributed by atoms with van der Waals surface area (Å²) in [7, 11) is 0. The van der Waals surface area contributed by atoms with Gasteiger partial charge >= 0.3 is 5.97 Å². The number of amides is 1. The molecule has 6 heteroatoms. The minimum Gasteiger partial charge on any atom is -0.478 e. The normalized spacial score (nSPS) is 10.7. The Morgan fingerprint density at radius 3 is 2.19 bits per heavy atom. The van der Waals surface area contributed by atoms with Crippen LogP contribution in [-0.2, 0) is 13.0 Å². The highest BCUT2D eigenvalue weighted by atomic mass is 35.5. The molecule has 0 spiro atoms. The van der Waals surface area contributed by atoms with Gasteiger partial charge in [0.1, 0.15) is 5.82 Å². The van der Waals surface area contributed by atoms with E-state index in [2.05, 4.69) is 12.1 Å². The molecule has 0 aliphatic carbocycles. The Bertz CT molecular complexity index is 1360. The molecule has 0 fully saturated rings. The van der Waals surface area contributed by atoms with Crippen LogP contribution in [0.25, 0.3) is 11.1 Å². The van der Waals surface area contributed by atoms with Crippen LogP contribution in [0.15, 0.2) is 97.1 Å². The van der Waals surface area contributed by atoms with Crippen LogP contribution in [0, 0.1) is 5.82 Å². The zero-order valence-electron chi connectivity index (χ0n) is 19.5. The zero-order chi connectivity index (χ0) is 25.5. The summed E-state index contributed by atoms with van der Waals surface area (Å²) < 4.78 is 13.6. The number of hydrogen-bond donors (Lipinski definition) is 1. The van der Waals surface area contributed by atoms with E-state index in [4.69, 9.17) is 11.6 Å². The van der Waals surface area contributed by atoms with Gasteiger partial charge in [0.25, 0.3) is 5.91 Å². The highest BCUT2D eigenvalue weighted by Gasteiger charge is 2.19. The first-order valence-corrected chi connectivity index (χ1v) is 12.0. The number of carboxylic acids is 1. The Hall–Kier alpha value is -3.96. The van der Waals surface area contributed by atoms with Gasteiger partial charge in [-0.15, -0.1) is 0 Å². The molecule has 0 bridgehead atoms. The molecule has 0 heterocycles. The second kappa shape index (κ2) is 11.6. The zero-order valence-corrected chi connectivity index (χ0v) is 20.3. The van der Waals surface area contributed by atoms with E-state index < -0.39 is 11.8 Å². The monoisotopic (exact) mass is 501 g/mol. The number of carbonyl (C=O) groups is 2. The van der Waals surface area contributed by atoms with Gasteiger partial charge in [-0.25, -0.2) is 9.18 Å². The molecule has 4 nitrogen and oxygen atoms in total. The van der Waals surface area contributed by atoms with Gasteiger partial charge in [-0.1, -0.05) is 84.4 Å². The van der Waals surface area contributed by atoms with Crippen LogP contribution >= 0.6 is 11.6 Å². The summed E-state index contributed by atoms with van der Waals surface area (Å²) in [5, 5.41) is 9.57. The van der Waals surface area contributed by atoms with Gasteiger partial charge in [0, 0.05) is 13.1 Å². The summed E-state index contributed by atoms with van der Waals surface area (Å²) in [4.78, 5) is 26.7. The van der Waals surface area contributed by atoms with Crippen molar-refractivity contribution < 1.29 is 19.1 Å². The van der Waals surface area contributed by atoms with Crippen molar-refractivity contribution in [3.63, 3.8) is 0 Å². The molecule has 4 aromatic rings. The first-order chi connectivity index (χ1) is 17.4. The average molecular weight is 502 g/mol. The average Bonchev–Trinajstić information content (AvgIpc) is 2.89. The number of aryl methyl sites for hydroxylation is 1. The van der Waals surface area contributed by atoms with Gasteiger partial charge in [0.2, 0.25) is 0 Å². The third kappa shape index (κ3) is 6.18. The van der Waals surface area contributed by atoms with E-state index in [1.165, 1.54) is 17.7 Å². The number of benzene rings is 4. The van der Waals surface area contributed by atoms with E-state index in [0.29, 0.717) is 18.7 Å². The molecule has 4 aromatic carbocycles. The number of carbonyl (C=O) groups excluding carboxylic acids is 1. The van der Waals surface area contributed by atoms with Gasteiger partial charge < -0.3 is 10.0 Å². The lowest BCUT2D eigenvalue weighted by atomic mass is 9.98.